The molecular weight excluding hydrogens is 781 g/mol. The summed E-state index contributed by atoms with van der Waals surface area (Å²) in [6.07, 6.45) is 0. The van der Waals surface area contributed by atoms with Gasteiger partial charge in [0.25, 0.3) is 0 Å². The van der Waals surface area contributed by atoms with Crippen LogP contribution in [0.1, 0.15) is 0 Å². The average Bonchev–Trinajstić information content (AvgIpc) is 3.90. The molecule has 12 aromatic rings. The van der Waals surface area contributed by atoms with E-state index in [2.05, 4.69) is 252 Å². The number of rotatable bonds is 8. The van der Waals surface area contributed by atoms with Crippen LogP contribution in [-0.4, -0.2) is 4.57 Å². The van der Waals surface area contributed by atoms with Gasteiger partial charge in [-0.05, 0) is 99.6 Å². The van der Waals surface area contributed by atoms with Crippen LogP contribution in [0.3, 0.4) is 0 Å². The molecule has 10 aromatic carbocycles. The number of benzene rings is 10. The molecule has 0 saturated carbocycles. The highest BCUT2D eigenvalue weighted by molar-refractivity contribution is 7.25. The van der Waals surface area contributed by atoms with Crippen molar-refractivity contribution in [3.63, 3.8) is 0 Å². The lowest BCUT2D eigenvalue weighted by molar-refractivity contribution is 1.18. The highest BCUT2D eigenvalue weighted by Crippen LogP contribution is 2.48. The highest BCUT2D eigenvalue weighted by Gasteiger charge is 2.22. The van der Waals surface area contributed by atoms with Crippen molar-refractivity contribution in [3.8, 4) is 50.2 Å². The fourth-order valence-corrected chi connectivity index (χ4v) is 10.8. The number of nitrogens with zero attached hydrogens (tertiary/aromatic N) is 2. The summed E-state index contributed by atoms with van der Waals surface area (Å²) in [6.45, 7) is 0. The highest BCUT2D eigenvalue weighted by atomic mass is 32.1. The monoisotopic (exact) mass is 820 g/mol. The van der Waals surface area contributed by atoms with E-state index in [4.69, 9.17) is 0 Å². The van der Waals surface area contributed by atoms with Crippen LogP contribution in [-0.2, 0) is 0 Å². The Hall–Kier alpha value is -7.98. The third kappa shape index (κ3) is 6.33. The Morgan fingerprint density at radius 1 is 0.317 bits per heavy atom. The van der Waals surface area contributed by atoms with Gasteiger partial charge in [0.1, 0.15) is 0 Å². The van der Waals surface area contributed by atoms with Gasteiger partial charge in [0.2, 0.25) is 0 Å². The topological polar surface area (TPSA) is 8.17 Å². The van der Waals surface area contributed by atoms with Crippen molar-refractivity contribution in [3.05, 3.63) is 243 Å². The summed E-state index contributed by atoms with van der Waals surface area (Å²) in [5, 5.41) is 5.07. The smallest absolute Gasteiger partial charge is 0.0547 e. The van der Waals surface area contributed by atoms with Crippen LogP contribution < -0.4 is 4.90 Å². The van der Waals surface area contributed by atoms with Gasteiger partial charge in [-0.1, -0.05) is 182 Å². The van der Waals surface area contributed by atoms with Crippen LogP contribution in [0, 0.1) is 0 Å². The third-order valence-electron chi connectivity index (χ3n) is 12.4. The summed E-state index contributed by atoms with van der Waals surface area (Å²) in [5.41, 5.74) is 16.4. The molecule has 0 saturated heterocycles. The first-order chi connectivity index (χ1) is 31.3. The molecule has 12 rings (SSSR count). The lowest BCUT2D eigenvalue weighted by Gasteiger charge is -2.29. The Bertz CT molecular complexity index is 3640. The molecule has 3 heteroatoms. The molecule has 0 aliphatic carbocycles. The predicted octanol–water partition coefficient (Wildman–Crippen LogP) is 17.3. The van der Waals surface area contributed by atoms with E-state index < -0.39 is 0 Å². The Labute approximate surface area is 370 Å². The third-order valence-corrected chi connectivity index (χ3v) is 13.5. The molecule has 2 heterocycles. The van der Waals surface area contributed by atoms with Crippen molar-refractivity contribution < 1.29 is 0 Å². The number of anilines is 3. The maximum Gasteiger partial charge on any atom is 0.0547 e. The van der Waals surface area contributed by atoms with Crippen molar-refractivity contribution in [2.75, 3.05) is 4.90 Å². The van der Waals surface area contributed by atoms with Crippen molar-refractivity contribution in [1.29, 1.82) is 0 Å². The average molecular weight is 821 g/mol. The molecule has 0 amide bonds. The van der Waals surface area contributed by atoms with E-state index in [-0.39, 0.29) is 0 Å². The second kappa shape index (κ2) is 15.5. The summed E-state index contributed by atoms with van der Waals surface area (Å²) in [5.74, 6) is 0. The van der Waals surface area contributed by atoms with E-state index in [0.29, 0.717) is 0 Å². The zero-order valence-corrected chi connectivity index (χ0v) is 35.2. The van der Waals surface area contributed by atoms with Gasteiger partial charge in [0, 0.05) is 53.6 Å². The van der Waals surface area contributed by atoms with Gasteiger partial charge in [-0.2, -0.15) is 0 Å². The van der Waals surface area contributed by atoms with Crippen LogP contribution >= 0.6 is 11.3 Å². The summed E-state index contributed by atoms with van der Waals surface area (Å²) < 4.78 is 4.96. The van der Waals surface area contributed by atoms with Gasteiger partial charge < -0.3 is 9.47 Å². The van der Waals surface area contributed by atoms with Gasteiger partial charge in [0.15, 0.2) is 0 Å². The molecule has 0 atom stereocenters. The molecule has 0 radical (unpaired) electrons. The Kier molecular flexibility index (Phi) is 9.06. The van der Waals surface area contributed by atoms with Gasteiger partial charge in [-0.25, -0.2) is 0 Å². The minimum atomic E-state index is 1.09. The number of aromatic nitrogens is 1. The van der Waals surface area contributed by atoms with Crippen molar-refractivity contribution in [2.45, 2.75) is 0 Å². The van der Waals surface area contributed by atoms with E-state index in [1.807, 2.05) is 11.3 Å². The fourth-order valence-electron chi connectivity index (χ4n) is 9.65. The predicted molar refractivity (Wildman–Crippen MR) is 270 cm³/mol. The quantitative estimate of drug-likeness (QED) is 0.148. The van der Waals surface area contributed by atoms with Crippen LogP contribution in [0.4, 0.5) is 17.1 Å². The molecule has 0 aliphatic rings. The largest absolute Gasteiger partial charge is 0.310 e. The van der Waals surface area contributed by atoms with Crippen molar-refractivity contribution in [1.82, 2.24) is 4.57 Å². The molecule has 0 bridgehead atoms. The zero-order chi connectivity index (χ0) is 41.7. The molecule has 2 nitrogen and oxygen atoms in total. The minimum Gasteiger partial charge on any atom is -0.310 e. The summed E-state index contributed by atoms with van der Waals surface area (Å²) in [6, 6.07) is 88.4. The van der Waals surface area contributed by atoms with Crippen LogP contribution in [0.5, 0.6) is 0 Å². The number of fused-ring (bicyclic) bond motifs is 6. The number of hydrogen-bond acceptors (Lipinski definition) is 2. The van der Waals surface area contributed by atoms with Gasteiger partial charge in [-0.3, -0.25) is 0 Å². The molecule has 0 aliphatic heterocycles. The van der Waals surface area contributed by atoms with Crippen molar-refractivity contribution in [2.24, 2.45) is 0 Å². The number of para-hydroxylation sites is 3. The van der Waals surface area contributed by atoms with E-state index >= 15 is 0 Å². The Morgan fingerprint density at radius 3 is 1.67 bits per heavy atom. The maximum absolute atomic E-state index is 2.47. The van der Waals surface area contributed by atoms with Gasteiger partial charge in [-0.15, -0.1) is 11.3 Å². The molecule has 2 aromatic heterocycles. The van der Waals surface area contributed by atoms with Gasteiger partial charge >= 0.3 is 0 Å². The van der Waals surface area contributed by atoms with E-state index in [1.165, 1.54) is 75.4 Å². The Morgan fingerprint density at radius 2 is 0.857 bits per heavy atom. The lowest BCUT2D eigenvalue weighted by atomic mass is 9.88. The molecule has 296 valence electrons. The second-order valence-electron chi connectivity index (χ2n) is 16.0. The molecule has 0 unspecified atom stereocenters. The first-order valence-electron chi connectivity index (χ1n) is 21.5. The first kappa shape index (κ1) is 36.8. The molecule has 0 N–H and O–H groups in total. The van der Waals surface area contributed by atoms with E-state index in [0.717, 1.165) is 33.9 Å². The summed E-state index contributed by atoms with van der Waals surface area (Å²) in [7, 11) is 0. The van der Waals surface area contributed by atoms with E-state index in [1.54, 1.807) is 0 Å². The zero-order valence-electron chi connectivity index (χ0n) is 34.4. The normalized spacial score (nSPS) is 11.5. The molecular formula is C60H40N2S. The summed E-state index contributed by atoms with van der Waals surface area (Å²) >= 11 is 1.86. The fraction of sp³-hybridized carbons (Fsp3) is 0. The maximum atomic E-state index is 2.47. The SMILES string of the molecule is c1ccc(-c2ccccc2-c2ccccc2-c2ccccc2N(c2cccc(-c3cccc4c3c3ccccc3n4-c3ccccc3)c2)c2ccc3c(c2)sc2ccccc23)cc1. The van der Waals surface area contributed by atoms with Gasteiger partial charge in [0.05, 0.1) is 16.7 Å². The molecule has 0 fully saturated rings. The Balaban J connectivity index is 1.08. The minimum absolute atomic E-state index is 1.09. The first-order valence-corrected chi connectivity index (χ1v) is 22.3. The second-order valence-corrected chi connectivity index (χ2v) is 17.1. The number of thiophene rings is 1. The standard InChI is InChI=1S/C60H40N2S/c1-3-19-41(20-4-1)46-25-7-8-26-48(46)49-27-9-10-28-50(49)51-29-11-14-33-55(51)61(45-37-38-53-52-30-13-16-36-58(52)63-59(53)40-45)44-24-17-21-42(39-44)47-32-18-35-57-60(47)54-31-12-15-34-56(54)62(57)43-22-5-2-6-23-43/h1-40H. The number of hydrogen-bond donors (Lipinski definition) is 0. The van der Waals surface area contributed by atoms with Crippen LogP contribution in [0.25, 0.3) is 92.2 Å². The molecule has 0 spiro atoms. The van der Waals surface area contributed by atoms with Crippen molar-refractivity contribution >= 4 is 70.4 Å². The molecule has 63 heavy (non-hydrogen) atoms. The summed E-state index contributed by atoms with van der Waals surface area (Å²) in [4.78, 5) is 2.47. The van der Waals surface area contributed by atoms with E-state index in [9.17, 15) is 0 Å². The van der Waals surface area contributed by atoms with Crippen LogP contribution in [0.15, 0.2) is 243 Å². The lowest BCUT2D eigenvalue weighted by Crippen LogP contribution is -2.11. The van der Waals surface area contributed by atoms with Crippen LogP contribution in [0.2, 0.25) is 0 Å².